The molecule has 0 saturated carbocycles. The third-order valence-electron chi connectivity index (χ3n) is 4.86. The molecule has 3 aromatic rings. The highest BCUT2D eigenvalue weighted by atomic mass is 16.5. The Balaban J connectivity index is 1.65. The summed E-state index contributed by atoms with van der Waals surface area (Å²) in [5.74, 6) is 1.18. The van der Waals surface area contributed by atoms with E-state index in [9.17, 15) is 9.59 Å². The maximum absolute atomic E-state index is 12.9. The van der Waals surface area contributed by atoms with Gasteiger partial charge in [-0.05, 0) is 55.5 Å². The van der Waals surface area contributed by atoms with Crippen LogP contribution in [0.3, 0.4) is 0 Å². The first-order valence-electron chi connectivity index (χ1n) is 9.44. The fraction of sp³-hybridized carbons (Fsp3) is 0.125. The number of aromatic nitrogens is 1. The quantitative estimate of drug-likeness (QED) is 0.349. The molecular weight excluding hydrogens is 398 g/mol. The maximum Gasteiger partial charge on any atom is 0.345 e. The topological polar surface area (TPSA) is 83.9 Å². The molecule has 2 heterocycles. The van der Waals surface area contributed by atoms with E-state index in [0.29, 0.717) is 45.3 Å². The molecule has 7 heteroatoms. The lowest BCUT2D eigenvalue weighted by Gasteiger charge is -2.10. The lowest BCUT2D eigenvalue weighted by atomic mass is 10.1. The molecule has 31 heavy (non-hydrogen) atoms. The molecule has 0 aliphatic carbocycles. The summed E-state index contributed by atoms with van der Waals surface area (Å²) in [6.07, 6.45) is 4.60. The Kier molecular flexibility index (Phi) is 5.41. The van der Waals surface area contributed by atoms with Crippen molar-refractivity contribution in [2.24, 2.45) is 0 Å². The number of methoxy groups -OCH3 is 2. The minimum absolute atomic E-state index is 0.139. The number of benzene rings is 2. The summed E-state index contributed by atoms with van der Waals surface area (Å²) in [5, 5.41) is 0. The molecule has 0 spiro atoms. The summed E-state index contributed by atoms with van der Waals surface area (Å²) in [5.41, 5.74) is 1.90. The van der Waals surface area contributed by atoms with Gasteiger partial charge in [-0.15, -0.1) is 0 Å². The van der Waals surface area contributed by atoms with Crippen LogP contribution in [-0.2, 0) is 0 Å². The van der Waals surface area contributed by atoms with Crippen molar-refractivity contribution in [1.82, 2.24) is 4.98 Å². The van der Waals surface area contributed by atoms with Crippen molar-refractivity contribution in [2.45, 2.75) is 6.92 Å². The fourth-order valence-electron chi connectivity index (χ4n) is 3.21. The fourth-order valence-corrected chi connectivity index (χ4v) is 3.21. The van der Waals surface area contributed by atoms with Crippen LogP contribution in [-0.4, -0.2) is 31.0 Å². The summed E-state index contributed by atoms with van der Waals surface area (Å²) in [7, 11) is 3.10. The van der Waals surface area contributed by atoms with Gasteiger partial charge in [0.25, 0.3) is 0 Å². The van der Waals surface area contributed by atoms with E-state index in [1.807, 2.05) is 0 Å². The molecule has 1 aliphatic heterocycles. The van der Waals surface area contributed by atoms with E-state index in [4.69, 9.17) is 18.9 Å². The molecule has 1 aromatic heterocycles. The van der Waals surface area contributed by atoms with E-state index in [-0.39, 0.29) is 11.5 Å². The molecule has 0 atom stereocenters. The van der Waals surface area contributed by atoms with Crippen molar-refractivity contribution in [1.29, 1.82) is 0 Å². The van der Waals surface area contributed by atoms with Gasteiger partial charge in [0.1, 0.15) is 23.0 Å². The zero-order chi connectivity index (χ0) is 22.0. The monoisotopic (exact) mass is 417 g/mol. The number of ketones is 1. The van der Waals surface area contributed by atoms with Gasteiger partial charge in [-0.1, -0.05) is 0 Å². The Morgan fingerprint density at radius 1 is 1.06 bits per heavy atom. The van der Waals surface area contributed by atoms with Gasteiger partial charge in [0.05, 0.1) is 25.3 Å². The minimum atomic E-state index is -0.544. The smallest absolute Gasteiger partial charge is 0.345 e. The van der Waals surface area contributed by atoms with Crippen molar-refractivity contribution >= 4 is 17.8 Å². The predicted molar refractivity (Wildman–Crippen MR) is 113 cm³/mol. The number of Topliss-reactive ketones (excluding diaryl/α,β-unsaturated/α-hetero) is 1. The van der Waals surface area contributed by atoms with Gasteiger partial charge < -0.3 is 18.9 Å². The molecule has 0 N–H and O–H groups in total. The second-order valence-electron chi connectivity index (χ2n) is 6.74. The molecule has 2 aromatic carbocycles. The standard InChI is InChI=1S/C24H19NO6/c1-14-19(31-24(27)15-5-4-10-25-13-15)9-7-18-22(26)21(30-23(14)18)12-16-11-17(28-2)6-8-20(16)29-3/h4-13H,1-3H3/b21-12-. The molecule has 1 aliphatic rings. The molecule has 156 valence electrons. The number of rotatable bonds is 5. The molecule has 0 saturated heterocycles. The summed E-state index contributed by atoms with van der Waals surface area (Å²) in [4.78, 5) is 29.2. The van der Waals surface area contributed by atoms with Crippen LogP contribution in [0.2, 0.25) is 0 Å². The van der Waals surface area contributed by atoms with Crippen LogP contribution in [0.15, 0.2) is 60.6 Å². The van der Waals surface area contributed by atoms with E-state index in [2.05, 4.69) is 4.98 Å². The van der Waals surface area contributed by atoms with E-state index in [0.717, 1.165) is 0 Å². The Morgan fingerprint density at radius 3 is 2.58 bits per heavy atom. The second kappa shape index (κ2) is 8.31. The molecule has 0 fully saturated rings. The van der Waals surface area contributed by atoms with Gasteiger partial charge in [-0.3, -0.25) is 9.78 Å². The van der Waals surface area contributed by atoms with Crippen LogP contribution >= 0.6 is 0 Å². The average molecular weight is 417 g/mol. The number of hydrogen-bond acceptors (Lipinski definition) is 7. The molecule has 7 nitrogen and oxygen atoms in total. The highest BCUT2D eigenvalue weighted by Crippen LogP contribution is 2.40. The summed E-state index contributed by atoms with van der Waals surface area (Å²) >= 11 is 0. The SMILES string of the molecule is COc1ccc(OC)c(/C=C2\Oc3c(ccc(OC(=O)c4cccnc4)c3C)C2=O)c1. The average Bonchev–Trinajstić information content (AvgIpc) is 3.12. The van der Waals surface area contributed by atoms with Crippen LogP contribution in [0, 0.1) is 6.92 Å². The van der Waals surface area contributed by atoms with E-state index in [1.54, 1.807) is 75.9 Å². The summed E-state index contributed by atoms with van der Waals surface area (Å²) in [6, 6.07) is 11.7. The normalized spacial score (nSPS) is 13.5. The molecule has 0 bridgehead atoms. The molecule has 0 radical (unpaired) electrons. The predicted octanol–water partition coefficient (Wildman–Crippen LogP) is 4.24. The van der Waals surface area contributed by atoms with Crippen molar-refractivity contribution in [3.8, 4) is 23.0 Å². The number of carbonyl (C=O) groups is 2. The molecule has 0 amide bonds. The van der Waals surface area contributed by atoms with E-state index < -0.39 is 5.97 Å². The van der Waals surface area contributed by atoms with Crippen molar-refractivity contribution < 1.29 is 28.5 Å². The highest BCUT2D eigenvalue weighted by Gasteiger charge is 2.31. The first-order chi connectivity index (χ1) is 15.0. The third-order valence-corrected chi connectivity index (χ3v) is 4.86. The Bertz CT molecular complexity index is 1200. The van der Waals surface area contributed by atoms with Crippen LogP contribution in [0.4, 0.5) is 0 Å². The van der Waals surface area contributed by atoms with Crippen LogP contribution in [0.25, 0.3) is 6.08 Å². The molecular formula is C24H19NO6. The van der Waals surface area contributed by atoms with Crippen molar-refractivity contribution in [3.05, 3.63) is 82.9 Å². The minimum Gasteiger partial charge on any atom is -0.497 e. The van der Waals surface area contributed by atoms with E-state index >= 15 is 0 Å². The highest BCUT2D eigenvalue weighted by molar-refractivity contribution is 6.15. The van der Waals surface area contributed by atoms with Crippen LogP contribution in [0.5, 0.6) is 23.0 Å². The molecule has 4 rings (SSSR count). The Morgan fingerprint density at radius 2 is 1.87 bits per heavy atom. The largest absolute Gasteiger partial charge is 0.497 e. The zero-order valence-electron chi connectivity index (χ0n) is 17.2. The van der Waals surface area contributed by atoms with Crippen molar-refractivity contribution in [2.75, 3.05) is 14.2 Å². The molecule has 0 unspecified atom stereocenters. The first kappa shape index (κ1) is 20.2. The number of carbonyl (C=O) groups excluding carboxylic acids is 2. The number of nitrogens with zero attached hydrogens (tertiary/aromatic N) is 1. The lowest BCUT2D eigenvalue weighted by Crippen LogP contribution is -2.09. The van der Waals surface area contributed by atoms with Gasteiger partial charge in [0.2, 0.25) is 5.78 Å². The zero-order valence-corrected chi connectivity index (χ0v) is 17.2. The lowest BCUT2D eigenvalue weighted by molar-refractivity contribution is 0.0732. The van der Waals surface area contributed by atoms with Gasteiger partial charge in [0.15, 0.2) is 5.76 Å². The van der Waals surface area contributed by atoms with Gasteiger partial charge in [-0.25, -0.2) is 4.79 Å². The number of pyridine rings is 1. The number of esters is 1. The Hall–Kier alpha value is -4.13. The van der Waals surface area contributed by atoms with Crippen LogP contribution in [0.1, 0.15) is 31.8 Å². The second-order valence-corrected chi connectivity index (χ2v) is 6.74. The third kappa shape index (κ3) is 3.85. The number of fused-ring (bicyclic) bond motifs is 1. The summed E-state index contributed by atoms with van der Waals surface area (Å²) in [6.45, 7) is 1.73. The Labute approximate surface area is 178 Å². The number of allylic oxidation sites excluding steroid dienone is 1. The van der Waals surface area contributed by atoms with Crippen LogP contribution < -0.4 is 18.9 Å². The van der Waals surface area contributed by atoms with Gasteiger partial charge in [-0.2, -0.15) is 0 Å². The number of hydrogen-bond donors (Lipinski definition) is 0. The first-order valence-corrected chi connectivity index (χ1v) is 9.44. The van der Waals surface area contributed by atoms with Gasteiger partial charge in [0, 0.05) is 23.5 Å². The maximum atomic E-state index is 12.9. The number of ether oxygens (including phenoxy) is 4. The summed E-state index contributed by atoms with van der Waals surface area (Å²) < 4.78 is 22.0. The van der Waals surface area contributed by atoms with E-state index in [1.165, 1.54) is 6.20 Å². The van der Waals surface area contributed by atoms with Crippen molar-refractivity contribution in [3.63, 3.8) is 0 Å². The van der Waals surface area contributed by atoms with Gasteiger partial charge >= 0.3 is 5.97 Å².